The number of rotatable bonds is 2. The molecule has 1 fully saturated rings. The summed E-state index contributed by atoms with van der Waals surface area (Å²) in [6, 6.07) is 2.39. The van der Waals surface area contributed by atoms with E-state index in [0.717, 1.165) is 5.52 Å². The van der Waals surface area contributed by atoms with Gasteiger partial charge in [-0.15, -0.1) is 0 Å². The predicted octanol–water partition coefficient (Wildman–Crippen LogP) is 2.43. The fraction of sp³-hybridized carbons (Fsp3) is 0.400. The quantitative estimate of drug-likeness (QED) is 0.892. The number of nitrogens with one attached hydrogen (secondary N) is 1. The Morgan fingerprint density at radius 3 is 2.73 bits per heavy atom. The summed E-state index contributed by atoms with van der Waals surface area (Å²) >= 11 is 0. The van der Waals surface area contributed by atoms with E-state index < -0.39 is 6.03 Å². The first-order valence-electron chi connectivity index (χ1n) is 7.20. The van der Waals surface area contributed by atoms with Crippen molar-refractivity contribution in [3.8, 4) is 0 Å². The first kappa shape index (κ1) is 14.5. The van der Waals surface area contributed by atoms with Gasteiger partial charge in [-0.25, -0.2) is 9.18 Å². The van der Waals surface area contributed by atoms with E-state index >= 15 is 0 Å². The van der Waals surface area contributed by atoms with Crippen LogP contribution in [0.3, 0.4) is 0 Å². The van der Waals surface area contributed by atoms with Crippen molar-refractivity contribution in [2.45, 2.75) is 31.6 Å². The molecule has 0 bridgehead atoms. The average Bonchev–Trinajstić information content (AvgIpc) is 2.74. The van der Waals surface area contributed by atoms with Crippen LogP contribution < -0.4 is 11.1 Å². The van der Waals surface area contributed by atoms with Gasteiger partial charge in [0.2, 0.25) is 0 Å². The molecule has 7 heteroatoms. The molecular formula is C15H17FN4O2. The molecule has 1 saturated carbocycles. The van der Waals surface area contributed by atoms with Crippen molar-refractivity contribution in [2.24, 2.45) is 12.8 Å². The molecule has 0 spiro atoms. The molecule has 0 atom stereocenters. The van der Waals surface area contributed by atoms with Gasteiger partial charge in [0.1, 0.15) is 11.6 Å². The Morgan fingerprint density at radius 1 is 1.41 bits per heavy atom. The van der Waals surface area contributed by atoms with Gasteiger partial charge in [-0.3, -0.25) is 14.8 Å². The second kappa shape index (κ2) is 5.40. The van der Waals surface area contributed by atoms with Crippen LogP contribution >= 0.6 is 0 Å². The molecule has 0 unspecified atom stereocenters. The fourth-order valence-electron chi connectivity index (χ4n) is 3.07. The summed E-state index contributed by atoms with van der Waals surface area (Å²) in [6.45, 7) is 0. The number of carbonyl (C=O) groups is 2. The number of hydrogen-bond acceptors (Lipinski definition) is 3. The summed E-state index contributed by atoms with van der Waals surface area (Å²) in [5.41, 5.74) is 6.42. The number of carbonyl (C=O) groups excluding carboxylic acids is 2. The second-order valence-electron chi connectivity index (χ2n) is 5.67. The molecule has 6 nitrogen and oxygen atoms in total. The van der Waals surface area contributed by atoms with E-state index in [1.807, 2.05) is 0 Å². The van der Waals surface area contributed by atoms with Gasteiger partial charge < -0.3 is 5.73 Å². The minimum absolute atomic E-state index is 0.0459. The number of nitrogens with zero attached hydrogens (tertiary/aromatic N) is 2. The highest BCUT2D eigenvalue weighted by Gasteiger charge is 2.24. The van der Waals surface area contributed by atoms with Gasteiger partial charge in [0.15, 0.2) is 5.82 Å². The monoisotopic (exact) mass is 304 g/mol. The Bertz CT molecular complexity index is 758. The van der Waals surface area contributed by atoms with Crippen LogP contribution in [-0.2, 0) is 11.8 Å². The molecular weight excluding hydrogens is 287 g/mol. The molecule has 1 heterocycles. The Balaban J connectivity index is 2.03. The molecule has 1 aliphatic rings. The molecule has 116 valence electrons. The maximum absolute atomic E-state index is 14.5. The summed E-state index contributed by atoms with van der Waals surface area (Å²) in [4.78, 5) is 22.3. The third kappa shape index (κ3) is 2.54. The van der Waals surface area contributed by atoms with Gasteiger partial charge in [0.25, 0.3) is 0 Å². The smallest absolute Gasteiger partial charge is 0.317 e. The van der Waals surface area contributed by atoms with E-state index in [9.17, 15) is 14.0 Å². The van der Waals surface area contributed by atoms with Crippen LogP contribution in [0.5, 0.6) is 0 Å². The number of aromatic nitrogens is 2. The summed E-state index contributed by atoms with van der Waals surface area (Å²) < 4.78 is 16.0. The number of Topliss-reactive ketones (excluding diaryl/α,β-unsaturated/α-hetero) is 1. The van der Waals surface area contributed by atoms with E-state index in [-0.39, 0.29) is 23.3 Å². The van der Waals surface area contributed by atoms with Crippen LogP contribution in [0.1, 0.15) is 37.2 Å². The summed E-state index contributed by atoms with van der Waals surface area (Å²) in [6.07, 6.45) is 2.35. The first-order chi connectivity index (χ1) is 10.5. The SMILES string of the molecule is Cn1nc(NC(N)=O)c2cc(F)c(C3CCC(=O)CC3)cc21. The highest BCUT2D eigenvalue weighted by molar-refractivity contribution is 5.98. The number of primary amides is 1. The van der Waals surface area contributed by atoms with E-state index in [1.165, 1.54) is 6.07 Å². The lowest BCUT2D eigenvalue weighted by atomic mass is 9.83. The molecule has 0 radical (unpaired) electrons. The first-order valence-corrected chi connectivity index (χ1v) is 7.20. The molecule has 22 heavy (non-hydrogen) atoms. The standard InChI is InChI=1S/C15H17FN4O2/c1-20-13-7-10(8-2-4-9(21)5-3-8)12(16)6-11(13)14(19-20)18-15(17)22/h6-8H,2-5H2,1H3,(H3,17,18,19,22). The third-order valence-electron chi connectivity index (χ3n) is 4.19. The number of aryl methyl sites for hydroxylation is 1. The molecule has 0 aliphatic heterocycles. The van der Waals surface area contributed by atoms with E-state index in [4.69, 9.17) is 5.73 Å². The zero-order valence-corrected chi connectivity index (χ0v) is 12.2. The van der Waals surface area contributed by atoms with Crippen molar-refractivity contribution >= 4 is 28.5 Å². The van der Waals surface area contributed by atoms with Crippen molar-refractivity contribution < 1.29 is 14.0 Å². The Kier molecular flexibility index (Phi) is 3.56. The lowest BCUT2D eigenvalue weighted by molar-refractivity contribution is -0.120. The molecule has 2 aromatic rings. The van der Waals surface area contributed by atoms with Crippen LogP contribution in [0.25, 0.3) is 10.9 Å². The zero-order valence-electron chi connectivity index (χ0n) is 12.2. The number of hydrogen-bond donors (Lipinski definition) is 2. The number of nitrogens with two attached hydrogens (primary N) is 1. The van der Waals surface area contributed by atoms with Crippen LogP contribution in [0.4, 0.5) is 15.0 Å². The molecule has 3 N–H and O–H groups in total. The number of ketones is 1. The largest absolute Gasteiger partial charge is 0.351 e. The van der Waals surface area contributed by atoms with Gasteiger partial charge in [-0.2, -0.15) is 5.10 Å². The maximum Gasteiger partial charge on any atom is 0.317 e. The highest BCUT2D eigenvalue weighted by atomic mass is 19.1. The molecule has 1 aromatic carbocycles. The van der Waals surface area contributed by atoms with Crippen LogP contribution in [0, 0.1) is 5.82 Å². The maximum atomic E-state index is 14.5. The predicted molar refractivity (Wildman–Crippen MR) is 80.1 cm³/mol. The summed E-state index contributed by atoms with van der Waals surface area (Å²) in [7, 11) is 1.72. The van der Waals surface area contributed by atoms with Crippen LogP contribution in [0.2, 0.25) is 0 Å². The minimum atomic E-state index is -0.740. The Morgan fingerprint density at radius 2 is 2.09 bits per heavy atom. The van der Waals surface area contributed by atoms with Crippen molar-refractivity contribution in [3.05, 3.63) is 23.5 Å². The fourth-order valence-corrected chi connectivity index (χ4v) is 3.07. The summed E-state index contributed by atoms with van der Waals surface area (Å²) in [5, 5.41) is 7.06. The molecule has 0 saturated heterocycles. The molecule has 1 aliphatic carbocycles. The van der Waals surface area contributed by atoms with Crippen molar-refractivity contribution in [1.82, 2.24) is 9.78 Å². The molecule has 1 aromatic heterocycles. The van der Waals surface area contributed by atoms with Gasteiger partial charge in [0.05, 0.1) is 5.52 Å². The topological polar surface area (TPSA) is 90.0 Å². The Hall–Kier alpha value is -2.44. The number of halogens is 1. The number of amides is 2. The number of urea groups is 1. The highest BCUT2D eigenvalue weighted by Crippen LogP contribution is 2.35. The minimum Gasteiger partial charge on any atom is -0.351 e. The summed E-state index contributed by atoms with van der Waals surface area (Å²) in [5.74, 6) is 0.192. The van der Waals surface area contributed by atoms with Crippen molar-refractivity contribution in [2.75, 3.05) is 5.32 Å². The van der Waals surface area contributed by atoms with Gasteiger partial charge in [-0.1, -0.05) is 0 Å². The molecule has 2 amide bonds. The van der Waals surface area contributed by atoms with E-state index in [0.29, 0.717) is 36.6 Å². The number of anilines is 1. The van der Waals surface area contributed by atoms with Crippen LogP contribution in [-0.4, -0.2) is 21.6 Å². The van der Waals surface area contributed by atoms with Gasteiger partial charge in [-0.05, 0) is 36.5 Å². The van der Waals surface area contributed by atoms with Crippen molar-refractivity contribution in [1.29, 1.82) is 0 Å². The van der Waals surface area contributed by atoms with E-state index in [2.05, 4.69) is 10.4 Å². The van der Waals surface area contributed by atoms with Crippen molar-refractivity contribution in [3.63, 3.8) is 0 Å². The third-order valence-corrected chi connectivity index (χ3v) is 4.19. The van der Waals surface area contributed by atoms with Gasteiger partial charge >= 0.3 is 6.03 Å². The zero-order chi connectivity index (χ0) is 15.9. The lowest BCUT2D eigenvalue weighted by Crippen LogP contribution is -2.19. The van der Waals surface area contributed by atoms with E-state index in [1.54, 1.807) is 17.8 Å². The Labute approximate surface area is 126 Å². The normalized spacial score (nSPS) is 16.2. The average molecular weight is 304 g/mol. The number of fused-ring (bicyclic) bond motifs is 1. The second-order valence-corrected chi connectivity index (χ2v) is 5.67. The lowest BCUT2D eigenvalue weighted by Gasteiger charge is -2.21. The van der Waals surface area contributed by atoms with Gasteiger partial charge in [0, 0.05) is 25.3 Å². The molecule has 3 rings (SSSR count). The number of benzene rings is 1. The van der Waals surface area contributed by atoms with Crippen LogP contribution in [0.15, 0.2) is 12.1 Å².